The number of nitrogens with one attached hydrogen (secondary N) is 1. The van der Waals surface area contributed by atoms with Crippen molar-refractivity contribution in [1.29, 1.82) is 0 Å². The zero-order valence-corrected chi connectivity index (χ0v) is 12.7. The molecule has 116 valence electrons. The minimum absolute atomic E-state index is 0.00326. The number of benzene rings is 1. The lowest BCUT2D eigenvalue weighted by molar-refractivity contribution is -0.384. The maximum absolute atomic E-state index is 11.2. The molecule has 1 aromatic carbocycles. The van der Waals surface area contributed by atoms with Gasteiger partial charge in [-0.3, -0.25) is 10.1 Å². The smallest absolute Gasteiger partial charge is 0.333 e. The molecule has 1 fully saturated rings. The van der Waals surface area contributed by atoms with Gasteiger partial charge in [-0.1, -0.05) is 18.9 Å². The average Bonchev–Trinajstić information content (AvgIpc) is 3.00. The van der Waals surface area contributed by atoms with Gasteiger partial charge < -0.3 is 15.0 Å². The Bertz CT molecular complexity index is 487. The zero-order chi connectivity index (χ0) is 15.2. The van der Waals surface area contributed by atoms with Gasteiger partial charge >= 0.3 is 5.69 Å². The van der Waals surface area contributed by atoms with E-state index in [9.17, 15) is 10.1 Å². The summed E-state index contributed by atoms with van der Waals surface area (Å²) in [6.07, 6.45) is 5.14. The third kappa shape index (κ3) is 3.85. The number of hydrogen-bond donors (Lipinski definition) is 1. The molecular formula is C15H23N3O3. The molecular weight excluding hydrogens is 270 g/mol. The molecule has 21 heavy (non-hydrogen) atoms. The fourth-order valence-electron chi connectivity index (χ4n) is 2.91. The second-order valence-corrected chi connectivity index (χ2v) is 5.46. The van der Waals surface area contributed by atoms with Gasteiger partial charge in [0.15, 0.2) is 5.75 Å². The third-order valence-electron chi connectivity index (χ3n) is 4.13. The van der Waals surface area contributed by atoms with Gasteiger partial charge in [-0.05, 0) is 32.0 Å². The van der Waals surface area contributed by atoms with E-state index < -0.39 is 4.92 Å². The van der Waals surface area contributed by atoms with Crippen LogP contribution in [0.3, 0.4) is 0 Å². The van der Waals surface area contributed by atoms with Crippen molar-refractivity contribution >= 4 is 11.4 Å². The molecule has 2 rings (SSSR count). The van der Waals surface area contributed by atoms with Gasteiger partial charge in [0, 0.05) is 19.1 Å². The number of hydrogen-bond acceptors (Lipinski definition) is 5. The van der Waals surface area contributed by atoms with Crippen LogP contribution in [0.4, 0.5) is 11.4 Å². The fourth-order valence-corrected chi connectivity index (χ4v) is 2.91. The highest BCUT2D eigenvalue weighted by Crippen LogP contribution is 2.34. The molecule has 0 saturated heterocycles. The van der Waals surface area contributed by atoms with E-state index in [1.165, 1.54) is 32.8 Å². The number of anilines is 1. The minimum atomic E-state index is -0.401. The Morgan fingerprint density at radius 1 is 1.43 bits per heavy atom. The molecule has 0 heterocycles. The topological polar surface area (TPSA) is 67.6 Å². The lowest BCUT2D eigenvalue weighted by atomic mass is 10.2. The quantitative estimate of drug-likeness (QED) is 0.618. The standard InChI is InChI=1S/C15H23N3O3/c1-17(12-6-3-4-7-12)11-10-16-13-8-5-9-14(21-2)15(13)18(19)20/h5,8-9,12,16H,3-4,6-7,10-11H2,1-2H3. The first-order chi connectivity index (χ1) is 10.1. The van der Waals surface area contributed by atoms with Crippen molar-refractivity contribution in [3.05, 3.63) is 28.3 Å². The molecule has 1 aliphatic carbocycles. The Labute approximate surface area is 125 Å². The first kappa shape index (κ1) is 15.6. The largest absolute Gasteiger partial charge is 0.490 e. The van der Waals surface area contributed by atoms with Crippen LogP contribution >= 0.6 is 0 Å². The monoisotopic (exact) mass is 293 g/mol. The predicted octanol–water partition coefficient (Wildman–Crippen LogP) is 2.89. The molecule has 0 spiro atoms. The van der Waals surface area contributed by atoms with E-state index >= 15 is 0 Å². The van der Waals surface area contributed by atoms with Gasteiger partial charge in [-0.15, -0.1) is 0 Å². The highest BCUT2D eigenvalue weighted by atomic mass is 16.6. The molecule has 1 aliphatic rings. The highest BCUT2D eigenvalue weighted by molar-refractivity contribution is 5.68. The Morgan fingerprint density at radius 2 is 2.14 bits per heavy atom. The Kier molecular flexibility index (Phi) is 5.38. The summed E-state index contributed by atoms with van der Waals surface area (Å²) in [5.41, 5.74) is 0.516. The summed E-state index contributed by atoms with van der Waals surface area (Å²) in [6, 6.07) is 5.74. The van der Waals surface area contributed by atoms with Crippen LogP contribution in [-0.4, -0.2) is 43.1 Å². The summed E-state index contributed by atoms with van der Waals surface area (Å²) in [5.74, 6) is 0.286. The second kappa shape index (κ2) is 7.26. The SMILES string of the molecule is COc1cccc(NCCN(C)C2CCCC2)c1[N+](=O)[O-]. The molecule has 0 unspecified atom stereocenters. The normalized spacial score (nSPS) is 15.4. The Balaban J connectivity index is 1.95. The molecule has 0 bridgehead atoms. The summed E-state index contributed by atoms with van der Waals surface area (Å²) in [7, 11) is 3.57. The van der Waals surface area contributed by atoms with Crippen LogP contribution in [0.25, 0.3) is 0 Å². The number of para-hydroxylation sites is 1. The number of nitro benzene ring substituents is 1. The number of likely N-dealkylation sites (N-methyl/N-ethyl adjacent to an activating group) is 1. The van der Waals surface area contributed by atoms with Gasteiger partial charge in [-0.2, -0.15) is 0 Å². The summed E-state index contributed by atoms with van der Waals surface area (Å²) >= 11 is 0. The van der Waals surface area contributed by atoms with Crippen molar-refractivity contribution in [3.63, 3.8) is 0 Å². The molecule has 1 aromatic rings. The number of ether oxygens (including phenoxy) is 1. The highest BCUT2D eigenvalue weighted by Gasteiger charge is 2.21. The van der Waals surface area contributed by atoms with Crippen LogP contribution < -0.4 is 10.1 Å². The van der Waals surface area contributed by atoms with Crippen molar-refractivity contribution in [2.75, 3.05) is 32.6 Å². The van der Waals surface area contributed by atoms with Crippen molar-refractivity contribution in [1.82, 2.24) is 4.90 Å². The third-order valence-corrected chi connectivity index (χ3v) is 4.13. The maximum atomic E-state index is 11.2. The molecule has 0 atom stereocenters. The summed E-state index contributed by atoms with van der Waals surface area (Å²) in [5, 5.41) is 14.3. The Morgan fingerprint density at radius 3 is 2.76 bits per heavy atom. The molecule has 6 heteroatoms. The Hall–Kier alpha value is -1.82. The van der Waals surface area contributed by atoms with Crippen LogP contribution in [0.5, 0.6) is 5.75 Å². The second-order valence-electron chi connectivity index (χ2n) is 5.46. The van der Waals surface area contributed by atoms with Crippen molar-refractivity contribution in [2.45, 2.75) is 31.7 Å². The molecule has 1 saturated carbocycles. The molecule has 1 N–H and O–H groups in total. The van der Waals surface area contributed by atoms with Crippen molar-refractivity contribution in [3.8, 4) is 5.75 Å². The number of rotatable bonds is 7. The van der Waals surface area contributed by atoms with Crippen molar-refractivity contribution in [2.24, 2.45) is 0 Å². The molecule has 0 aromatic heterocycles. The predicted molar refractivity (Wildman–Crippen MR) is 83.0 cm³/mol. The van der Waals surface area contributed by atoms with E-state index in [0.717, 1.165) is 6.54 Å². The molecule has 0 amide bonds. The van der Waals surface area contributed by atoms with Gasteiger partial charge in [-0.25, -0.2) is 0 Å². The molecule has 6 nitrogen and oxygen atoms in total. The first-order valence-electron chi connectivity index (χ1n) is 7.39. The van der Waals surface area contributed by atoms with Gasteiger partial charge in [0.05, 0.1) is 12.0 Å². The lowest BCUT2D eigenvalue weighted by Crippen LogP contribution is -2.33. The van der Waals surface area contributed by atoms with Crippen LogP contribution in [0.1, 0.15) is 25.7 Å². The van der Waals surface area contributed by atoms with Crippen LogP contribution in [0.15, 0.2) is 18.2 Å². The van der Waals surface area contributed by atoms with Crippen LogP contribution in [0, 0.1) is 10.1 Å². The molecule has 0 radical (unpaired) electrons. The van der Waals surface area contributed by atoms with E-state index in [-0.39, 0.29) is 11.4 Å². The van der Waals surface area contributed by atoms with Gasteiger partial charge in [0.25, 0.3) is 0 Å². The van der Waals surface area contributed by atoms with Crippen LogP contribution in [-0.2, 0) is 0 Å². The number of nitrogens with zero attached hydrogens (tertiary/aromatic N) is 2. The zero-order valence-electron chi connectivity index (χ0n) is 12.7. The van der Waals surface area contributed by atoms with Gasteiger partial charge in [0.1, 0.15) is 5.69 Å². The van der Waals surface area contributed by atoms with E-state index in [1.807, 2.05) is 0 Å². The fraction of sp³-hybridized carbons (Fsp3) is 0.600. The van der Waals surface area contributed by atoms with E-state index in [2.05, 4.69) is 17.3 Å². The summed E-state index contributed by atoms with van der Waals surface area (Å²) in [4.78, 5) is 13.1. The van der Waals surface area contributed by atoms with Crippen molar-refractivity contribution < 1.29 is 9.66 Å². The van der Waals surface area contributed by atoms with E-state index in [1.54, 1.807) is 18.2 Å². The molecule has 0 aliphatic heterocycles. The number of methoxy groups -OCH3 is 1. The minimum Gasteiger partial charge on any atom is -0.490 e. The first-order valence-corrected chi connectivity index (χ1v) is 7.39. The maximum Gasteiger partial charge on any atom is 0.333 e. The average molecular weight is 293 g/mol. The van der Waals surface area contributed by atoms with Gasteiger partial charge in [0.2, 0.25) is 0 Å². The van der Waals surface area contributed by atoms with E-state index in [4.69, 9.17) is 4.74 Å². The van der Waals surface area contributed by atoms with E-state index in [0.29, 0.717) is 18.3 Å². The number of nitro groups is 1. The van der Waals surface area contributed by atoms with Crippen LogP contribution in [0.2, 0.25) is 0 Å². The summed E-state index contributed by atoms with van der Waals surface area (Å²) < 4.78 is 5.06. The summed E-state index contributed by atoms with van der Waals surface area (Å²) in [6.45, 7) is 1.56. The lowest BCUT2D eigenvalue weighted by Gasteiger charge is -2.24.